The van der Waals surface area contributed by atoms with E-state index in [1.165, 1.54) is 26.8 Å². The Bertz CT molecular complexity index is 1580. The average molecular weight is 429 g/mol. The van der Waals surface area contributed by atoms with E-state index in [1.54, 1.807) is 11.3 Å². The molecule has 152 valence electrons. The second-order valence-electron chi connectivity index (χ2n) is 7.99. The number of thiophene rings is 1. The van der Waals surface area contributed by atoms with Crippen LogP contribution in [-0.2, 0) is 0 Å². The second kappa shape index (κ2) is 7.70. The van der Waals surface area contributed by atoms with Crippen LogP contribution in [0.1, 0.15) is 5.56 Å². The maximum absolute atomic E-state index is 5.09. The van der Waals surface area contributed by atoms with Gasteiger partial charge in [0.05, 0.1) is 15.9 Å². The van der Waals surface area contributed by atoms with Gasteiger partial charge in [-0.1, -0.05) is 96.6 Å². The lowest BCUT2D eigenvalue weighted by Gasteiger charge is -2.09. The molecule has 0 fully saturated rings. The number of hydrogen-bond acceptors (Lipinski definition) is 3. The Kier molecular flexibility index (Phi) is 4.55. The van der Waals surface area contributed by atoms with Crippen LogP contribution in [0, 0.1) is 6.92 Å². The third-order valence-corrected chi connectivity index (χ3v) is 6.91. The van der Waals surface area contributed by atoms with Crippen LogP contribution in [0.2, 0.25) is 0 Å². The Labute approximate surface area is 190 Å². The molecule has 6 rings (SSSR count). The molecular formula is C29H20N2S. The van der Waals surface area contributed by atoms with Gasteiger partial charge in [0.2, 0.25) is 0 Å². The zero-order valence-corrected chi connectivity index (χ0v) is 18.4. The average Bonchev–Trinajstić information content (AvgIpc) is 3.23. The van der Waals surface area contributed by atoms with Crippen LogP contribution in [0.25, 0.3) is 54.1 Å². The van der Waals surface area contributed by atoms with Gasteiger partial charge in [0.15, 0.2) is 5.82 Å². The van der Waals surface area contributed by atoms with Gasteiger partial charge in [-0.05, 0) is 30.2 Å². The van der Waals surface area contributed by atoms with E-state index in [0.717, 1.165) is 32.9 Å². The molecule has 4 aromatic carbocycles. The summed E-state index contributed by atoms with van der Waals surface area (Å²) in [4.78, 5) is 10.2. The molecule has 6 aromatic rings. The monoisotopic (exact) mass is 428 g/mol. The highest BCUT2D eigenvalue weighted by atomic mass is 32.1. The summed E-state index contributed by atoms with van der Waals surface area (Å²) in [6.45, 7) is 2.12. The third kappa shape index (κ3) is 3.28. The highest BCUT2D eigenvalue weighted by molar-refractivity contribution is 7.26. The Hall–Kier alpha value is -3.82. The standard InChI is InChI=1S/C29H20N2S/c1-19-9-7-12-21(17-19)22-13-8-14-23(18-22)29-30-26(20-10-3-2-4-11-20)28-27(31-29)24-15-5-6-16-25(24)32-28/h2-18H,1H3. The Morgan fingerprint density at radius 2 is 1.28 bits per heavy atom. The van der Waals surface area contributed by atoms with Crippen molar-refractivity contribution < 1.29 is 0 Å². The van der Waals surface area contributed by atoms with E-state index in [9.17, 15) is 0 Å². The topological polar surface area (TPSA) is 25.8 Å². The summed E-state index contributed by atoms with van der Waals surface area (Å²) in [5, 5.41) is 1.18. The number of nitrogens with zero attached hydrogens (tertiary/aromatic N) is 2. The predicted molar refractivity (Wildman–Crippen MR) is 136 cm³/mol. The summed E-state index contributed by atoms with van der Waals surface area (Å²) in [5.41, 5.74) is 7.79. The molecule has 0 aliphatic carbocycles. The van der Waals surface area contributed by atoms with E-state index in [2.05, 4.69) is 104 Å². The van der Waals surface area contributed by atoms with Crippen LogP contribution in [0.4, 0.5) is 0 Å². The quantitative estimate of drug-likeness (QED) is 0.284. The van der Waals surface area contributed by atoms with Crippen LogP contribution in [-0.4, -0.2) is 9.97 Å². The molecule has 0 aliphatic heterocycles. The lowest BCUT2D eigenvalue weighted by atomic mass is 10.0. The van der Waals surface area contributed by atoms with Crippen molar-refractivity contribution in [1.82, 2.24) is 9.97 Å². The molecule has 32 heavy (non-hydrogen) atoms. The minimum atomic E-state index is 0.759. The molecule has 0 atom stereocenters. The van der Waals surface area contributed by atoms with Crippen molar-refractivity contribution in [2.24, 2.45) is 0 Å². The molecule has 0 spiro atoms. The van der Waals surface area contributed by atoms with E-state index >= 15 is 0 Å². The van der Waals surface area contributed by atoms with E-state index in [0.29, 0.717) is 0 Å². The van der Waals surface area contributed by atoms with Gasteiger partial charge in [0.1, 0.15) is 0 Å². The Balaban J connectivity index is 1.60. The van der Waals surface area contributed by atoms with Crippen LogP contribution in [0.3, 0.4) is 0 Å². The van der Waals surface area contributed by atoms with E-state index < -0.39 is 0 Å². The van der Waals surface area contributed by atoms with Crippen LogP contribution < -0.4 is 0 Å². The van der Waals surface area contributed by atoms with Crippen molar-refractivity contribution in [3.05, 3.63) is 109 Å². The SMILES string of the molecule is Cc1cccc(-c2cccc(-c3nc(-c4ccccc4)c4sc5ccccc5c4n3)c2)c1. The molecule has 2 aromatic heterocycles. The third-order valence-electron chi connectivity index (χ3n) is 5.74. The molecular weight excluding hydrogens is 408 g/mol. The first-order valence-electron chi connectivity index (χ1n) is 10.7. The zero-order chi connectivity index (χ0) is 21.5. The fraction of sp³-hybridized carbons (Fsp3) is 0.0345. The molecule has 3 heteroatoms. The molecule has 0 radical (unpaired) electrons. The number of hydrogen-bond donors (Lipinski definition) is 0. The van der Waals surface area contributed by atoms with Crippen LogP contribution >= 0.6 is 11.3 Å². The minimum Gasteiger partial charge on any atom is -0.226 e. The number of fused-ring (bicyclic) bond motifs is 3. The van der Waals surface area contributed by atoms with Gasteiger partial charge in [0.25, 0.3) is 0 Å². The molecule has 0 N–H and O–H groups in total. The highest BCUT2D eigenvalue weighted by Crippen LogP contribution is 2.39. The summed E-state index contributed by atoms with van der Waals surface area (Å²) >= 11 is 1.76. The molecule has 0 unspecified atom stereocenters. The minimum absolute atomic E-state index is 0.759. The van der Waals surface area contributed by atoms with Gasteiger partial charge in [-0.3, -0.25) is 0 Å². The highest BCUT2D eigenvalue weighted by Gasteiger charge is 2.16. The van der Waals surface area contributed by atoms with Gasteiger partial charge < -0.3 is 0 Å². The van der Waals surface area contributed by atoms with Crippen molar-refractivity contribution in [3.63, 3.8) is 0 Å². The summed E-state index contributed by atoms with van der Waals surface area (Å²) in [6.07, 6.45) is 0. The van der Waals surface area contributed by atoms with Gasteiger partial charge in [0, 0.05) is 21.2 Å². The summed E-state index contributed by atoms with van der Waals surface area (Å²) in [7, 11) is 0. The van der Waals surface area contributed by atoms with Crippen molar-refractivity contribution in [1.29, 1.82) is 0 Å². The summed E-state index contributed by atoms with van der Waals surface area (Å²) < 4.78 is 2.37. The van der Waals surface area contributed by atoms with Crippen LogP contribution in [0.15, 0.2) is 103 Å². The molecule has 0 bridgehead atoms. The normalized spacial score (nSPS) is 11.3. The fourth-order valence-corrected chi connectivity index (χ4v) is 5.33. The van der Waals surface area contributed by atoms with E-state index in [1.807, 2.05) is 6.07 Å². The fourth-order valence-electron chi connectivity index (χ4n) is 4.17. The first-order valence-corrected chi connectivity index (χ1v) is 11.5. The molecule has 0 saturated heterocycles. The largest absolute Gasteiger partial charge is 0.226 e. The van der Waals surface area contributed by atoms with Crippen LogP contribution in [0.5, 0.6) is 0 Å². The zero-order valence-electron chi connectivity index (χ0n) is 17.6. The van der Waals surface area contributed by atoms with Gasteiger partial charge in [-0.15, -0.1) is 11.3 Å². The lowest BCUT2D eigenvalue weighted by Crippen LogP contribution is -1.94. The van der Waals surface area contributed by atoms with Crippen molar-refractivity contribution in [2.45, 2.75) is 6.92 Å². The maximum atomic E-state index is 5.09. The first-order chi connectivity index (χ1) is 15.8. The Morgan fingerprint density at radius 1 is 0.594 bits per heavy atom. The molecule has 0 aliphatic rings. The number of aryl methyl sites for hydroxylation is 1. The van der Waals surface area contributed by atoms with Gasteiger partial charge in [-0.2, -0.15) is 0 Å². The lowest BCUT2D eigenvalue weighted by molar-refractivity contribution is 1.24. The summed E-state index contributed by atoms with van der Waals surface area (Å²) in [5.74, 6) is 0.759. The first kappa shape index (κ1) is 18.9. The number of rotatable bonds is 3. The van der Waals surface area contributed by atoms with Gasteiger partial charge in [-0.25, -0.2) is 9.97 Å². The number of benzene rings is 4. The van der Waals surface area contributed by atoms with Crippen molar-refractivity contribution in [3.8, 4) is 33.8 Å². The molecule has 2 nitrogen and oxygen atoms in total. The van der Waals surface area contributed by atoms with E-state index in [4.69, 9.17) is 9.97 Å². The van der Waals surface area contributed by atoms with E-state index in [-0.39, 0.29) is 0 Å². The smallest absolute Gasteiger partial charge is 0.160 e. The maximum Gasteiger partial charge on any atom is 0.160 e. The number of aromatic nitrogens is 2. The predicted octanol–water partition coefficient (Wildman–Crippen LogP) is 8.15. The van der Waals surface area contributed by atoms with Crippen molar-refractivity contribution in [2.75, 3.05) is 0 Å². The molecule has 0 saturated carbocycles. The Morgan fingerprint density at radius 3 is 2.12 bits per heavy atom. The second-order valence-corrected chi connectivity index (χ2v) is 9.04. The van der Waals surface area contributed by atoms with Gasteiger partial charge >= 0.3 is 0 Å². The molecule has 2 heterocycles. The van der Waals surface area contributed by atoms with Crippen molar-refractivity contribution >= 4 is 31.6 Å². The summed E-state index contributed by atoms with van der Waals surface area (Å²) in [6, 6.07) is 36.0. The molecule has 0 amide bonds.